The van der Waals surface area contributed by atoms with Crippen molar-refractivity contribution in [3.63, 3.8) is 0 Å². The topological polar surface area (TPSA) is 49.6 Å². The fourth-order valence-electron chi connectivity index (χ4n) is 3.31. The highest BCUT2D eigenvalue weighted by atomic mass is 32.1. The Labute approximate surface area is 155 Å². The summed E-state index contributed by atoms with van der Waals surface area (Å²) in [5, 5.41) is 7.66. The van der Waals surface area contributed by atoms with Crippen molar-refractivity contribution in [1.29, 1.82) is 0 Å². The minimum absolute atomic E-state index is 0.0798. The maximum Gasteiger partial charge on any atom is 0.274 e. The Morgan fingerprint density at radius 1 is 1.28 bits per heavy atom. The normalized spacial score (nSPS) is 16.4. The molecule has 0 saturated carbocycles. The Bertz CT molecular complexity index is 846. The van der Waals surface area contributed by atoms with Gasteiger partial charge in [0.25, 0.3) is 5.91 Å². The summed E-state index contributed by atoms with van der Waals surface area (Å²) in [6.07, 6.45) is 5.41. The number of thiazole rings is 1. The highest BCUT2D eigenvalue weighted by Crippen LogP contribution is 2.23. The highest BCUT2D eigenvalue weighted by molar-refractivity contribution is 7.15. The fraction of sp³-hybridized carbons (Fsp3) is 0.444. The molecule has 7 heteroatoms. The van der Waals surface area contributed by atoms with Gasteiger partial charge in [-0.2, -0.15) is 0 Å². The molecule has 0 spiro atoms. The molecule has 1 fully saturated rings. The minimum atomic E-state index is 0.0798. The van der Waals surface area contributed by atoms with Crippen molar-refractivity contribution in [3.8, 4) is 0 Å². The number of likely N-dealkylation sites (tertiary alicyclic amines) is 1. The zero-order valence-corrected chi connectivity index (χ0v) is 15.9. The number of aromatic nitrogens is 2. The van der Waals surface area contributed by atoms with Crippen molar-refractivity contribution >= 4 is 33.5 Å². The summed E-state index contributed by atoms with van der Waals surface area (Å²) < 4.78 is 2.05. The quantitative estimate of drug-likeness (QED) is 0.736. The van der Waals surface area contributed by atoms with Gasteiger partial charge in [-0.15, -0.1) is 22.7 Å². The number of imidazole rings is 1. The van der Waals surface area contributed by atoms with Gasteiger partial charge in [-0.1, -0.05) is 6.07 Å². The number of fused-ring (bicyclic) bond motifs is 1. The number of carbonyl (C=O) groups is 1. The van der Waals surface area contributed by atoms with Gasteiger partial charge >= 0.3 is 0 Å². The van der Waals surface area contributed by atoms with Crippen LogP contribution in [-0.2, 0) is 6.54 Å². The Kier molecular flexibility index (Phi) is 4.87. The molecule has 3 aromatic rings. The lowest BCUT2D eigenvalue weighted by atomic mass is 10.1. The van der Waals surface area contributed by atoms with Gasteiger partial charge in [0.2, 0.25) is 0 Å². The van der Waals surface area contributed by atoms with Crippen LogP contribution in [0.5, 0.6) is 0 Å². The molecule has 5 nitrogen and oxygen atoms in total. The predicted octanol–water partition coefficient (Wildman–Crippen LogP) is 3.93. The first-order valence-electron chi connectivity index (χ1n) is 8.74. The van der Waals surface area contributed by atoms with Gasteiger partial charge < -0.3 is 10.2 Å². The number of hydrogen-bond acceptors (Lipinski definition) is 5. The Morgan fingerprint density at radius 2 is 2.12 bits per heavy atom. The van der Waals surface area contributed by atoms with Crippen LogP contribution in [0.25, 0.3) is 4.96 Å². The number of hydrogen-bond donors (Lipinski definition) is 1. The molecule has 25 heavy (non-hydrogen) atoms. The average molecular weight is 375 g/mol. The lowest BCUT2D eigenvalue weighted by molar-refractivity contribution is 0.0717. The predicted molar refractivity (Wildman–Crippen MR) is 102 cm³/mol. The molecule has 1 atom stereocenters. The van der Waals surface area contributed by atoms with Gasteiger partial charge in [0.1, 0.15) is 0 Å². The molecule has 132 valence electrons. The summed E-state index contributed by atoms with van der Waals surface area (Å²) in [7, 11) is 0. The second kappa shape index (κ2) is 7.27. The number of carbonyl (C=O) groups excluding carboxylic acids is 1. The molecule has 1 aliphatic heterocycles. The zero-order valence-electron chi connectivity index (χ0n) is 14.3. The van der Waals surface area contributed by atoms with Crippen molar-refractivity contribution in [1.82, 2.24) is 19.6 Å². The second-order valence-electron chi connectivity index (χ2n) is 6.43. The van der Waals surface area contributed by atoms with Crippen LogP contribution in [0.2, 0.25) is 0 Å². The SMILES string of the molecule is C[C@@H](NCc1c(C(=O)N2CCCCC2)nc2sccn12)c1cccs1. The van der Waals surface area contributed by atoms with Crippen molar-refractivity contribution in [2.24, 2.45) is 0 Å². The molecule has 0 radical (unpaired) electrons. The van der Waals surface area contributed by atoms with E-state index in [1.807, 2.05) is 16.5 Å². The maximum atomic E-state index is 13.0. The van der Waals surface area contributed by atoms with Crippen LogP contribution in [0.3, 0.4) is 0 Å². The molecule has 0 bridgehead atoms. The second-order valence-corrected chi connectivity index (χ2v) is 8.29. The van der Waals surface area contributed by atoms with Crippen LogP contribution in [0.4, 0.5) is 0 Å². The summed E-state index contributed by atoms with van der Waals surface area (Å²) >= 11 is 3.32. The van der Waals surface area contributed by atoms with Crippen LogP contribution < -0.4 is 5.32 Å². The van der Waals surface area contributed by atoms with Crippen molar-refractivity contribution in [2.45, 2.75) is 38.8 Å². The van der Waals surface area contributed by atoms with Crippen molar-refractivity contribution in [3.05, 3.63) is 45.4 Å². The smallest absolute Gasteiger partial charge is 0.274 e. The third-order valence-electron chi connectivity index (χ3n) is 4.75. The zero-order chi connectivity index (χ0) is 17.2. The van der Waals surface area contributed by atoms with E-state index in [2.05, 4.69) is 39.1 Å². The van der Waals surface area contributed by atoms with E-state index >= 15 is 0 Å². The highest BCUT2D eigenvalue weighted by Gasteiger charge is 2.25. The van der Waals surface area contributed by atoms with Gasteiger partial charge in [0, 0.05) is 42.1 Å². The number of thiophene rings is 1. The molecule has 0 aliphatic carbocycles. The number of nitrogens with one attached hydrogen (secondary N) is 1. The number of amides is 1. The first kappa shape index (κ1) is 16.8. The molecule has 3 aromatic heterocycles. The molecular weight excluding hydrogens is 352 g/mol. The first-order chi connectivity index (χ1) is 12.2. The Morgan fingerprint density at radius 3 is 2.88 bits per heavy atom. The van der Waals surface area contributed by atoms with E-state index in [1.165, 1.54) is 11.3 Å². The minimum Gasteiger partial charge on any atom is -0.337 e. The lowest BCUT2D eigenvalue weighted by Crippen LogP contribution is -2.36. The van der Waals surface area contributed by atoms with E-state index in [0.717, 1.165) is 36.6 Å². The van der Waals surface area contributed by atoms with E-state index in [-0.39, 0.29) is 11.9 Å². The molecule has 4 heterocycles. The molecule has 4 rings (SSSR count). The number of rotatable bonds is 5. The first-order valence-corrected chi connectivity index (χ1v) is 10.5. The Hall–Kier alpha value is -1.70. The summed E-state index contributed by atoms with van der Waals surface area (Å²) in [6, 6.07) is 4.46. The lowest BCUT2D eigenvalue weighted by Gasteiger charge is -2.26. The number of nitrogens with zero attached hydrogens (tertiary/aromatic N) is 3. The van der Waals surface area contributed by atoms with E-state index in [4.69, 9.17) is 0 Å². The summed E-state index contributed by atoms with van der Waals surface area (Å²) in [5.74, 6) is 0.0798. The van der Waals surface area contributed by atoms with Gasteiger partial charge in [-0.25, -0.2) is 4.98 Å². The van der Waals surface area contributed by atoms with Crippen LogP contribution >= 0.6 is 22.7 Å². The summed E-state index contributed by atoms with van der Waals surface area (Å²) in [6.45, 7) is 4.49. The fourth-order valence-corrected chi connectivity index (χ4v) is 4.80. The molecule has 1 saturated heterocycles. The van der Waals surface area contributed by atoms with Crippen LogP contribution in [0.1, 0.15) is 53.3 Å². The van der Waals surface area contributed by atoms with E-state index < -0.39 is 0 Å². The molecule has 0 unspecified atom stereocenters. The largest absolute Gasteiger partial charge is 0.337 e. The third kappa shape index (κ3) is 3.36. The number of piperidine rings is 1. The molecule has 1 N–H and O–H groups in total. The van der Waals surface area contributed by atoms with E-state index in [0.29, 0.717) is 12.2 Å². The van der Waals surface area contributed by atoms with Gasteiger partial charge in [0.15, 0.2) is 10.7 Å². The van der Waals surface area contributed by atoms with Crippen LogP contribution in [-0.4, -0.2) is 33.3 Å². The monoisotopic (exact) mass is 374 g/mol. The van der Waals surface area contributed by atoms with Gasteiger partial charge in [-0.05, 0) is 37.6 Å². The standard InChI is InChI=1S/C18H22N4OS2/c1-13(15-6-5-10-24-15)19-12-14-16(20-18-22(14)9-11-25-18)17(23)21-7-3-2-4-8-21/h5-6,9-11,13,19H,2-4,7-8,12H2,1H3/t13-/m1/s1. The van der Waals surface area contributed by atoms with Crippen molar-refractivity contribution in [2.75, 3.05) is 13.1 Å². The molecule has 0 aromatic carbocycles. The third-order valence-corrected chi connectivity index (χ3v) is 6.56. The van der Waals surface area contributed by atoms with Crippen LogP contribution in [0, 0.1) is 0 Å². The van der Waals surface area contributed by atoms with E-state index in [1.54, 1.807) is 22.7 Å². The average Bonchev–Trinajstić information content (AvgIpc) is 3.37. The molecular formula is C18H22N4OS2. The summed E-state index contributed by atoms with van der Waals surface area (Å²) in [5.41, 5.74) is 1.58. The Balaban J connectivity index is 1.58. The summed E-state index contributed by atoms with van der Waals surface area (Å²) in [4.78, 5) is 21.8. The van der Waals surface area contributed by atoms with E-state index in [9.17, 15) is 4.79 Å². The van der Waals surface area contributed by atoms with Gasteiger partial charge in [-0.3, -0.25) is 9.20 Å². The molecule has 1 amide bonds. The van der Waals surface area contributed by atoms with Crippen molar-refractivity contribution < 1.29 is 4.79 Å². The maximum absolute atomic E-state index is 13.0. The van der Waals surface area contributed by atoms with Gasteiger partial charge in [0.05, 0.1) is 5.69 Å². The van der Waals surface area contributed by atoms with Crippen LogP contribution in [0.15, 0.2) is 29.1 Å². The molecule has 1 aliphatic rings.